The van der Waals surface area contributed by atoms with Crippen LogP contribution >= 0.6 is 0 Å². The van der Waals surface area contributed by atoms with Gasteiger partial charge in [-0.2, -0.15) is 0 Å². The number of ether oxygens (including phenoxy) is 2. The predicted octanol–water partition coefficient (Wildman–Crippen LogP) is 4.80. The molecule has 0 aliphatic carbocycles. The zero-order valence-electron chi connectivity index (χ0n) is 17.6. The summed E-state index contributed by atoms with van der Waals surface area (Å²) >= 11 is 0. The van der Waals surface area contributed by atoms with Crippen LogP contribution in [0.25, 0.3) is 0 Å². The van der Waals surface area contributed by atoms with Crippen LogP contribution in [0.3, 0.4) is 0 Å². The highest BCUT2D eigenvalue weighted by molar-refractivity contribution is 5.97. The second kappa shape index (κ2) is 11.9. The highest BCUT2D eigenvalue weighted by Gasteiger charge is 2.15. The van der Waals surface area contributed by atoms with Gasteiger partial charge in [-0.05, 0) is 56.0 Å². The Morgan fingerprint density at radius 2 is 1.63 bits per heavy atom. The molecule has 6 nitrogen and oxygen atoms in total. The molecule has 6 heteroatoms. The number of hydrogen-bond acceptors (Lipinski definition) is 5. The standard InChI is InChI=1S/C24H30O6/c1-3-6-21-22(14-13-20(17(2)25)24(21)28)30-16-5-15-29-19-11-9-18(10-12-19)7-4-8-23(26)27/h9-14,28H,3-8,15-16H2,1-2H3,(H,26,27). The average Bonchev–Trinajstić information content (AvgIpc) is 2.70. The summed E-state index contributed by atoms with van der Waals surface area (Å²) in [6, 6.07) is 11.0. The zero-order chi connectivity index (χ0) is 21.9. The number of rotatable bonds is 13. The SMILES string of the molecule is CCCc1c(OCCCOc2ccc(CCCC(=O)O)cc2)ccc(C(C)=O)c1O. The van der Waals surface area contributed by atoms with Crippen LogP contribution < -0.4 is 9.47 Å². The number of benzene rings is 2. The van der Waals surface area contributed by atoms with Crippen LogP contribution in [0.5, 0.6) is 17.2 Å². The quantitative estimate of drug-likeness (QED) is 0.361. The fourth-order valence-corrected chi connectivity index (χ4v) is 3.16. The van der Waals surface area contributed by atoms with Crippen LogP contribution in [-0.2, 0) is 17.6 Å². The van der Waals surface area contributed by atoms with Crippen LogP contribution in [0.2, 0.25) is 0 Å². The summed E-state index contributed by atoms with van der Waals surface area (Å²) < 4.78 is 11.6. The van der Waals surface area contributed by atoms with Gasteiger partial charge in [0.1, 0.15) is 17.2 Å². The lowest BCUT2D eigenvalue weighted by molar-refractivity contribution is -0.137. The van der Waals surface area contributed by atoms with E-state index in [1.807, 2.05) is 31.2 Å². The van der Waals surface area contributed by atoms with Crippen molar-refractivity contribution in [2.24, 2.45) is 0 Å². The van der Waals surface area contributed by atoms with Crippen LogP contribution in [-0.4, -0.2) is 35.2 Å². The first-order chi connectivity index (χ1) is 14.4. The van der Waals surface area contributed by atoms with E-state index in [0.717, 1.165) is 24.2 Å². The second-order valence-electron chi connectivity index (χ2n) is 7.19. The molecule has 2 aromatic rings. The van der Waals surface area contributed by atoms with Gasteiger partial charge in [0.2, 0.25) is 0 Å². The highest BCUT2D eigenvalue weighted by Crippen LogP contribution is 2.33. The van der Waals surface area contributed by atoms with Gasteiger partial charge in [0.25, 0.3) is 0 Å². The molecular weight excluding hydrogens is 384 g/mol. The van der Waals surface area contributed by atoms with Gasteiger partial charge in [-0.25, -0.2) is 0 Å². The molecule has 0 saturated heterocycles. The summed E-state index contributed by atoms with van der Waals surface area (Å²) in [4.78, 5) is 22.2. The maximum atomic E-state index is 11.6. The first kappa shape index (κ1) is 23.3. The Hall–Kier alpha value is -3.02. The van der Waals surface area contributed by atoms with Crippen LogP contribution in [0.1, 0.15) is 61.0 Å². The lowest BCUT2D eigenvalue weighted by Crippen LogP contribution is -2.07. The van der Waals surface area contributed by atoms with Gasteiger partial charge < -0.3 is 19.7 Å². The Balaban J connectivity index is 1.79. The second-order valence-corrected chi connectivity index (χ2v) is 7.19. The molecule has 0 saturated carbocycles. The van der Waals surface area contributed by atoms with Gasteiger partial charge in [0.15, 0.2) is 5.78 Å². The minimum Gasteiger partial charge on any atom is -0.507 e. The summed E-state index contributed by atoms with van der Waals surface area (Å²) in [5.41, 5.74) is 2.08. The lowest BCUT2D eigenvalue weighted by atomic mass is 10.0. The van der Waals surface area contributed by atoms with Crippen molar-refractivity contribution >= 4 is 11.8 Å². The van der Waals surface area contributed by atoms with E-state index in [9.17, 15) is 14.7 Å². The Morgan fingerprint density at radius 3 is 2.27 bits per heavy atom. The maximum absolute atomic E-state index is 11.6. The molecule has 0 spiro atoms. The molecule has 0 bridgehead atoms. The van der Waals surface area contributed by atoms with Crippen molar-refractivity contribution in [1.29, 1.82) is 0 Å². The predicted molar refractivity (Wildman–Crippen MR) is 115 cm³/mol. The van der Waals surface area contributed by atoms with Gasteiger partial charge in [-0.15, -0.1) is 0 Å². The summed E-state index contributed by atoms with van der Waals surface area (Å²) in [5.74, 6) is 0.431. The number of aryl methyl sites for hydroxylation is 1. The molecule has 2 rings (SSSR count). The summed E-state index contributed by atoms with van der Waals surface area (Å²) in [6.45, 7) is 4.36. The third-order valence-electron chi connectivity index (χ3n) is 4.71. The topological polar surface area (TPSA) is 93.1 Å². The number of aliphatic carboxylic acids is 1. The molecule has 2 N–H and O–H groups in total. The molecule has 0 unspecified atom stereocenters. The average molecular weight is 414 g/mol. The number of carbonyl (C=O) groups is 2. The van der Waals surface area contributed by atoms with Crippen LogP contribution in [0, 0.1) is 0 Å². The number of ketones is 1. The summed E-state index contributed by atoms with van der Waals surface area (Å²) in [6.07, 6.45) is 3.67. The van der Waals surface area contributed by atoms with E-state index in [0.29, 0.717) is 49.4 Å². The third-order valence-corrected chi connectivity index (χ3v) is 4.71. The van der Waals surface area contributed by atoms with E-state index >= 15 is 0 Å². The molecule has 162 valence electrons. The number of carboxylic acid groups (broad SMARTS) is 1. The van der Waals surface area contributed by atoms with E-state index < -0.39 is 5.97 Å². The molecule has 0 aliphatic heterocycles. The fraction of sp³-hybridized carbons (Fsp3) is 0.417. The van der Waals surface area contributed by atoms with Crippen molar-refractivity contribution in [3.63, 3.8) is 0 Å². The van der Waals surface area contributed by atoms with Gasteiger partial charge in [-0.3, -0.25) is 9.59 Å². The fourth-order valence-electron chi connectivity index (χ4n) is 3.16. The summed E-state index contributed by atoms with van der Waals surface area (Å²) in [7, 11) is 0. The number of phenolic OH excluding ortho intramolecular Hbond substituents is 1. The molecule has 0 aromatic heterocycles. The first-order valence-electron chi connectivity index (χ1n) is 10.3. The molecule has 0 heterocycles. The molecule has 0 fully saturated rings. The van der Waals surface area contributed by atoms with Crippen LogP contribution in [0.15, 0.2) is 36.4 Å². The van der Waals surface area contributed by atoms with Crippen LogP contribution in [0.4, 0.5) is 0 Å². The van der Waals surface area contributed by atoms with E-state index in [-0.39, 0.29) is 18.0 Å². The largest absolute Gasteiger partial charge is 0.507 e. The molecular formula is C24H30O6. The summed E-state index contributed by atoms with van der Waals surface area (Å²) in [5, 5.41) is 19.1. The number of aromatic hydroxyl groups is 1. The number of hydrogen-bond donors (Lipinski definition) is 2. The van der Waals surface area contributed by atoms with E-state index in [4.69, 9.17) is 14.6 Å². The van der Waals surface area contributed by atoms with Crippen molar-refractivity contribution < 1.29 is 29.3 Å². The van der Waals surface area contributed by atoms with E-state index in [1.165, 1.54) is 6.92 Å². The van der Waals surface area contributed by atoms with Gasteiger partial charge in [-0.1, -0.05) is 25.5 Å². The molecule has 0 atom stereocenters. The smallest absolute Gasteiger partial charge is 0.303 e. The minimum absolute atomic E-state index is 0.0153. The molecule has 0 amide bonds. The van der Waals surface area contributed by atoms with Crippen molar-refractivity contribution in [2.45, 2.75) is 52.4 Å². The molecule has 0 radical (unpaired) electrons. The highest BCUT2D eigenvalue weighted by atomic mass is 16.5. The van der Waals surface area contributed by atoms with Crippen molar-refractivity contribution in [2.75, 3.05) is 13.2 Å². The Morgan fingerprint density at radius 1 is 0.933 bits per heavy atom. The molecule has 2 aromatic carbocycles. The van der Waals surface area contributed by atoms with Gasteiger partial charge >= 0.3 is 5.97 Å². The third kappa shape index (κ3) is 7.10. The van der Waals surface area contributed by atoms with Crippen molar-refractivity contribution in [3.8, 4) is 17.2 Å². The number of carbonyl (C=O) groups excluding carboxylic acids is 1. The molecule has 0 aliphatic rings. The Bertz CT molecular complexity index is 842. The normalized spacial score (nSPS) is 10.6. The van der Waals surface area contributed by atoms with E-state index in [2.05, 4.69) is 0 Å². The molecule has 30 heavy (non-hydrogen) atoms. The minimum atomic E-state index is -0.774. The Kier molecular flexibility index (Phi) is 9.19. The number of carboxylic acids is 1. The number of phenols is 1. The van der Waals surface area contributed by atoms with Crippen molar-refractivity contribution in [3.05, 3.63) is 53.1 Å². The maximum Gasteiger partial charge on any atom is 0.303 e. The monoisotopic (exact) mass is 414 g/mol. The lowest BCUT2D eigenvalue weighted by Gasteiger charge is -2.15. The first-order valence-corrected chi connectivity index (χ1v) is 10.3. The van der Waals surface area contributed by atoms with Gasteiger partial charge in [0, 0.05) is 18.4 Å². The number of Topliss-reactive ketones (excluding diaryl/α,β-unsaturated/α-hetero) is 1. The van der Waals surface area contributed by atoms with E-state index in [1.54, 1.807) is 12.1 Å². The Labute approximate surface area is 177 Å². The van der Waals surface area contributed by atoms with Crippen molar-refractivity contribution in [1.82, 2.24) is 0 Å². The zero-order valence-corrected chi connectivity index (χ0v) is 17.6. The van der Waals surface area contributed by atoms with Gasteiger partial charge in [0.05, 0.1) is 18.8 Å².